The maximum absolute atomic E-state index is 12.9. The van der Waals surface area contributed by atoms with Crippen molar-refractivity contribution >= 4 is 45.8 Å². The standard InChI is InChI=1S/C20H28ClN5O3S.ClH/c21-16-12-22-13-17(23-16)25-9-7-24(8-10-25)5-1-2-6-26-20(27)18-14-3-4-15(11-14)19(18)30(26,28)29;/h12-15,18-19H,1-11H2;1H. The van der Waals surface area contributed by atoms with E-state index in [0.29, 0.717) is 17.6 Å². The fourth-order valence-electron chi connectivity index (χ4n) is 5.96. The van der Waals surface area contributed by atoms with Crippen LogP contribution in [0.1, 0.15) is 32.1 Å². The first-order chi connectivity index (χ1) is 14.4. The van der Waals surface area contributed by atoms with E-state index >= 15 is 0 Å². The van der Waals surface area contributed by atoms with E-state index in [4.69, 9.17) is 11.6 Å². The van der Waals surface area contributed by atoms with Gasteiger partial charge in [0, 0.05) is 32.7 Å². The Morgan fingerprint density at radius 3 is 2.45 bits per heavy atom. The number of carbonyl (C=O) groups is 1. The van der Waals surface area contributed by atoms with Crippen molar-refractivity contribution in [3.63, 3.8) is 0 Å². The minimum Gasteiger partial charge on any atom is -0.353 e. The minimum absolute atomic E-state index is 0. The lowest BCUT2D eigenvalue weighted by Gasteiger charge is -2.35. The van der Waals surface area contributed by atoms with Gasteiger partial charge in [-0.1, -0.05) is 11.6 Å². The van der Waals surface area contributed by atoms with Crippen LogP contribution in [0.3, 0.4) is 0 Å². The Morgan fingerprint density at radius 2 is 1.74 bits per heavy atom. The highest BCUT2D eigenvalue weighted by molar-refractivity contribution is 7.90. The van der Waals surface area contributed by atoms with E-state index < -0.39 is 15.3 Å². The number of anilines is 1. The maximum Gasteiger partial charge on any atom is 0.241 e. The number of amides is 1. The number of aromatic nitrogens is 2. The number of unbranched alkanes of at least 4 members (excludes halogenated alkanes) is 1. The molecule has 2 saturated carbocycles. The zero-order valence-corrected chi connectivity index (χ0v) is 19.8. The van der Waals surface area contributed by atoms with Crippen molar-refractivity contribution in [3.8, 4) is 0 Å². The van der Waals surface area contributed by atoms with Gasteiger partial charge in [0.05, 0.1) is 23.6 Å². The average molecular weight is 490 g/mol. The van der Waals surface area contributed by atoms with Crippen LogP contribution in [0.2, 0.25) is 5.15 Å². The molecule has 2 bridgehead atoms. The first kappa shape index (κ1) is 23.0. The summed E-state index contributed by atoms with van der Waals surface area (Å²) < 4.78 is 27.1. The van der Waals surface area contributed by atoms with Crippen LogP contribution in [0, 0.1) is 17.8 Å². The Labute approximate surface area is 194 Å². The van der Waals surface area contributed by atoms with E-state index in [9.17, 15) is 13.2 Å². The molecule has 1 aromatic heterocycles. The second kappa shape index (κ2) is 9.00. The van der Waals surface area contributed by atoms with Crippen LogP contribution >= 0.6 is 24.0 Å². The Bertz CT molecular complexity index is 925. The molecule has 4 aliphatic rings. The van der Waals surface area contributed by atoms with E-state index in [-0.39, 0.29) is 30.2 Å². The van der Waals surface area contributed by atoms with Gasteiger partial charge in [0.2, 0.25) is 15.9 Å². The predicted molar refractivity (Wildman–Crippen MR) is 121 cm³/mol. The molecule has 172 valence electrons. The van der Waals surface area contributed by atoms with Gasteiger partial charge in [0.1, 0.15) is 11.0 Å². The number of carbonyl (C=O) groups excluding carboxylic acids is 1. The highest BCUT2D eigenvalue weighted by Gasteiger charge is 2.63. The molecule has 0 spiro atoms. The van der Waals surface area contributed by atoms with Crippen molar-refractivity contribution in [1.29, 1.82) is 0 Å². The molecule has 4 fully saturated rings. The van der Waals surface area contributed by atoms with Crippen LogP contribution in [0.5, 0.6) is 0 Å². The summed E-state index contributed by atoms with van der Waals surface area (Å²) in [5.41, 5.74) is 0. The van der Waals surface area contributed by atoms with Gasteiger partial charge in [-0.05, 0) is 50.5 Å². The number of halogens is 2. The minimum atomic E-state index is -3.45. The average Bonchev–Trinajstić information content (AvgIpc) is 3.40. The second-order valence-electron chi connectivity index (χ2n) is 9.01. The molecule has 1 amide bonds. The van der Waals surface area contributed by atoms with E-state index in [1.165, 1.54) is 10.5 Å². The largest absolute Gasteiger partial charge is 0.353 e. The normalized spacial score (nSPS) is 31.7. The Hall–Kier alpha value is -1.16. The third kappa shape index (κ3) is 4.14. The van der Waals surface area contributed by atoms with Crippen molar-refractivity contribution in [3.05, 3.63) is 17.5 Å². The van der Waals surface area contributed by atoms with E-state index in [2.05, 4.69) is 19.8 Å². The van der Waals surface area contributed by atoms with Crippen LogP contribution in [-0.2, 0) is 14.8 Å². The third-order valence-corrected chi connectivity index (χ3v) is 9.92. The van der Waals surface area contributed by atoms with Gasteiger partial charge < -0.3 is 4.90 Å². The molecular weight excluding hydrogens is 461 g/mol. The number of sulfonamides is 1. The number of nitrogens with zero attached hydrogens (tertiary/aromatic N) is 5. The van der Waals surface area contributed by atoms with Crippen molar-refractivity contribution < 1.29 is 13.2 Å². The predicted octanol–water partition coefficient (Wildman–Crippen LogP) is 2.04. The molecule has 0 aromatic carbocycles. The molecule has 2 aliphatic heterocycles. The molecule has 0 radical (unpaired) electrons. The fraction of sp³-hybridized carbons (Fsp3) is 0.750. The molecule has 11 heteroatoms. The summed E-state index contributed by atoms with van der Waals surface area (Å²) in [6.45, 7) is 4.81. The summed E-state index contributed by atoms with van der Waals surface area (Å²) in [4.78, 5) is 25.8. The fourth-order valence-corrected chi connectivity index (χ4v) is 8.60. The van der Waals surface area contributed by atoms with Crippen LogP contribution in [0.4, 0.5) is 5.82 Å². The molecule has 1 aromatic rings. The van der Waals surface area contributed by atoms with E-state index in [1.54, 1.807) is 6.20 Å². The van der Waals surface area contributed by atoms with Gasteiger partial charge >= 0.3 is 0 Å². The summed E-state index contributed by atoms with van der Waals surface area (Å²) in [5.74, 6) is 0.937. The highest BCUT2D eigenvalue weighted by atomic mass is 35.5. The Kier molecular flexibility index (Phi) is 6.68. The lowest BCUT2D eigenvalue weighted by atomic mass is 9.88. The van der Waals surface area contributed by atoms with Crippen molar-refractivity contribution in [2.45, 2.75) is 37.4 Å². The van der Waals surface area contributed by atoms with Crippen molar-refractivity contribution in [1.82, 2.24) is 19.2 Å². The van der Waals surface area contributed by atoms with Gasteiger partial charge in [-0.3, -0.25) is 14.7 Å². The number of rotatable bonds is 6. The second-order valence-corrected chi connectivity index (χ2v) is 11.4. The van der Waals surface area contributed by atoms with Gasteiger partial charge in [-0.2, -0.15) is 0 Å². The highest BCUT2D eigenvalue weighted by Crippen LogP contribution is 2.55. The zero-order valence-electron chi connectivity index (χ0n) is 17.4. The van der Waals surface area contributed by atoms with Gasteiger partial charge in [-0.15, -0.1) is 12.4 Å². The molecule has 3 heterocycles. The number of hydrogen-bond acceptors (Lipinski definition) is 7. The van der Waals surface area contributed by atoms with Crippen LogP contribution < -0.4 is 4.90 Å². The van der Waals surface area contributed by atoms with Gasteiger partial charge in [0.15, 0.2) is 0 Å². The summed E-state index contributed by atoms with van der Waals surface area (Å²) in [6.07, 6.45) is 7.80. The van der Waals surface area contributed by atoms with Crippen molar-refractivity contribution in [2.75, 3.05) is 44.2 Å². The maximum atomic E-state index is 12.9. The Morgan fingerprint density at radius 1 is 1.03 bits per heavy atom. The monoisotopic (exact) mass is 489 g/mol. The smallest absolute Gasteiger partial charge is 0.241 e. The van der Waals surface area contributed by atoms with Crippen LogP contribution in [0.25, 0.3) is 0 Å². The van der Waals surface area contributed by atoms with Crippen molar-refractivity contribution in [2.24, 2.45) is 17.8 Å². The first-order valence-electron chi connectivity index (χ1n) is 11.0. The summed E-state index contributed by atoms with van der Waals surface area (Å²) in [7, 11) is -3.45. The topological polar surface area (TPSA) is 86.7 Å². The molecule has 5 rings (SSSR count). The molecule has 0 N–H and O–H groups in total. The number of fused-ring (bicyclic) bond motifs is 5. The van der Waals surface area contributed by atoms with Crippen LogP contribution in [-0.4, -0.2) is 78.0 Å². The Balaban J connectivity index is 0.00000231. The molecule has 8 nitrogen and oxygen atoms in total. The van der Waals surface area contributed by atoms with Gasteiger partial charge in [-0.25, -0.2) is 17.7 Å². The summed E-state index contributed by atoms with van der Waals surface area (Å²) in [6, 6.07) is 0. The zero-order chi connectivity index (χ0) is 20.9. The molecule has 2 aliphatic carbocycles. The SMILES string of the molecule is Cl.O=C1C2C3CCC(C3)C2S(=O)(=O)N1CCCCN1CCN(c2cncc(Cl)n2)CC1. The number of piperazine rings is 1. The molecule has 31 heavy (non-hydrogen) atoms. The molecular formula is C20H29Cl2N5O3S. The van der Waals surface area contributed by atoms with E-state index in [0.717, 1.165) is 70.6 Å². The third-order valence-electron chi connectivity index (χ3n) is 7.40. The quantitative estimate of drug-likeness (QED) is 0.564. The van der Waals surface area contributed by atoms with Crippen LogP contribution in [0.15, 0.2) is 12.4 Å². The van der Waals surface area contributed by atoms with Gasteiger partial charge in [0.25, 0.3) is 0 Å². The summed E-state index contributed by atoms with van der Waals surface area (Å²) >= 11 is 5.93. The molecule has 4 unspecified atom stereocenters. The van der Waals surface area contributed by atoms with E-state index in [1.807, 2.05) is 0 Å². The molecule has 2 saturated heterocycles. The lowest BCUT2D eigenvalue weighted by molar-refractivity contribution is -0.130. The number of hydrogen-bond donors (Lipinski definition) is 0. The summed E-state index contributed by atoms with van der Waals surface area (Å²) in [5, 5.41) is -0.0232. The molecule has 4 atom stereocenters. The first-order valence-corrected chi connectivity index (χ1v) is 12.8. The lowest BCUT2D eigenvalue weighted by Crippen LogP contribution is -2.47.